The molecule has 0 aliphatic carbocycles. The highest BCUT2D eigenvalue weighted by Crippen LogP contribution is 2.12. The minimum Gasteiger partial charge on any atom is -0.461 e. The monoisotopic (exact) mass is 353 g/mol. The second-order valence-electron chi connectivity index (χ2n) is 4.07. The van der Waals surface area contributed by atoms with E-state index in [0.29, 0.717) is 5.69 Å². The predicted octanol–water partition coefficient (Wildman–Crippen LogP) is 0.140. The molecule has 0 aliphatic heterocycles. The number of aromatic nitrogens is 2. The van der Waals surface area contributed by atoms with Gasteiger partial charge >= 0.3 is 5.97 Å². The summed E-state index contributed by atoms with van der Waals surface area (Å²) in [5.41, 5.74) is 0.415. The maximum atomic E-state index is 11.7. The molecule has 9 nitrogen and oxygen atoms in total. The van der Waals surface area contributed by atoms with Crippen LogP contribution >= 0.6 is 11.3 Å². The lowest BCUT2D eigenvalue weighted by Gasteiger charge is -2.02. The Balaban J connectivity index is 2.52. The molecule has 2 rings (SSSR count). The number of hydrogen-bond donors (Lipinski definition) is 1. The van der Waals surface area contributed by atoms with Crippen LogP contribution in [0.5, 0.6) is 0 Å². The Morgan fingerprint density at radius 3 is 2.65 bits per heavy atom. The van der Waals surface area contributed by atoms with Gasteiger partial charge in [0.1, 0.15) is 0 Å². The number of sulfonamides is 1. The molecule has 1 heterocycles. The first-order valence-electron chi connectivity index (χ1n) is 6.20. The van der Waals surface area contributed by atoms with E-state index in [-0.39, 0.29) is 21.3 Å². The molecule has 23 heavy (non-hydrogen) atoms. The number of hydrogen-bond acceptors (Lipinski definition) is 8. The van der Waals surface area contributed by atoms with Crippen molar-refractivity contribution in [3.63, 3.8) is 0 Å². The number of benzene rings is 1. The Labute approximate surface area is 135 Å². The summed E-state index contributed by atoms with van der Waals surface area (Å²) in [6, 6.07) is 5.45. The van der Waals surface area contributed by atoms with Crippen molar-refractivity contribution >= 4 is 27.3 Å². The molecule has 0 amide bonds. The molecule has 1 aromatic heterocycles. The Bertz CT molecular complexity index is 935. The zero-order chi connectivity index (χ0) is 17.0. The highest BCUT2D eigenvalue weighted by Gasteiger charge is 2.16. The molecule has 0 fully saturated rings. The van der Waals surface area contributed by atoms with Crippen LogP contribution in [0.15, 0.2) is 34.2 Å². The van der Waals surface area contributed by atoms with Gasteiger partial charge in [0.2, 0.25) is 26.0 Å². The number of carbonyl (C=O) groups excluding carboxylic acids is 1. The fraction of sp³-hybridized carbons (Fsp3) is 0.167. The van der Waals surface area contributed by atoms with Gasteiger partial charge < -0.3 is 4.74 Å². The van der Waals surface area contributed by atoms with Crippen molar-refractivity contribution in [2.75, 3.05) is 6.61 Å². The largest absolute Gasteiger partial charge is 0.461 e. The van der Waals surface area contributed by atoms with Gasteiger partial charge in [-0.25, -0.2) is 23.0 Å². The summed E-state index contributed by atoms with van der Waals surface area (Å²) in [6.45, 7) is 1.85. The second kappa shape index (κ2) is 6.69. The molecule has 0 atom stereocenters. The summed E-state index contributed by atoms with van der Waals surface area (Å²) >= 11 is 0.882. The van der Waals surface area contributed by atoms with Gasteiger partial charge in [-0.05, 0) is 31.2 Å². The van der Waals surface area contributed by atoms with Crippen LogP contribution in [0.2, 0.25) is 0 Å². The molecule has 0 unspecified atom stereocenters. The molecule has 0 spiro atoms. The van der Waals surface area contributed by atoms with Crippen LogP contribution in [0.3, 0.4) is 0 Å². The highest BCUT2D eigenvalue weighted by atomic mass is 32.2. The SMILES string of the molecule is CCOC(=O)c1nn(-c2ccc(S(N)(=O)=O)cc2)c(=NC#N)s1. The molecule has 0 aliphatic rings. The first-order valence-corrected chi connectivity index (χ1v) is 8.56. The Morgan fingerprint density at radius 1 is 1.48 bits per heavy atom. The van der Waals surface area contributed by atoms with E-state index >= 15 is 0 Å². The lowest BCUT2D eigenvalue weighted by atomic mass is 10.3. The molecule has 2 aromatic rings. The van der Waals surface area contributed by atoms with Crippen molar-refractivity contribution in [2.24, 2.45) is 10.1 Å². The average Bonchev–Trinajstić information content (AvgIpc) is 2.91. The summed E-state index contributed by atoms with van der Waals surface area (Å²) in [6.07, 6.45) is 1.62. The zero-order valence-corrected chi connectivity index (χ0v) is 13.5. The summed E-state index contributed by atoms with van der Waals surface area (Å²) in [4.78, 5) is 15.4. The number of primary sulfonamides is 1. The van der Waals surface area contributed by atoms with E-state index < -0.39 is 16.0 Å². The summed E-state index contributed by atoms with van der Waals surface area (Å²) in [5, 5.41) is 17.8. The number of ether oxygens (including phenoxy) is 1. The predicted molar refractivity (Wildman–Crippen MR) is 79.9 cm³/mol. The van der Waals surface area contributed by atoms with E-state index in [4.69, 9.17) is 15.1 Å². The van der Waals surface area contributed by atoms with Crippen LogP contribution in [0.25, 0.3) is 5.69 Å². The van der Waals surface area contributed by atoms with Crippen molar-refractivity contribution in [2.45, 2.75) is 11.8 Å². The molecular weight excluding hydrogens is 342 g/mol. The van der Waals surface area contributed by atoms with Crippen molar-refractivity contribution in [3.05, 3.63) is 34.1 Å². The van der Waals surface area contributed by atoms with Gasteiger partial charge in [0, 0.05) is 0 Å². The van der Waals surface area contributed by atoms with E-state index in [1.54, 1.807) is 13.1 Å². The first-order chi connectivity index (χ1) is 10.9. The van der Waals surface area contributed by atoms with Crippen molar-refractivity contribution in [1.29, 1.82) is 5.26 Å². The molecule has 11 heteroatoms. The smallest absolute Gasteiger partial charge is 0.369 e. The van der Waals surface area contributed by atoms with Crippen molar-refractivity contribution < 1.29 is 17.9 Å². The third-order valence-corrected chi connectivity index (χ3v) is 4.38. The fourth-order valence-electron chi connectivity index (χ4n) is 1.62. The number of carbonyl (C=O) groups is 1. The third kappa shape index (κ3) is 3.81. The van der Waals surface area contributed by atoms with Crippen molar-refractivity contribution in [1.82, 2.24) is 9.78 Å². The van der Waals surface area contributed by atoms with Crippen molar-refractivity contribution in [3.8, 4) is 11.9 Å². The second-order valence-corrected chi connectivity index (χ2v) is 6.59. The van der Waals surface area contributed by atoms with Gasteiger partial charge in [-0.3, -0.25) is 0 Å². The summed E-state index contributed by atoms with van der Waals surface area (Å²) in [7, 11) is -3.81. The van der Waals surface area contributed by atoms with Gasteiger partial charge in [-0.2, -0.15) is 5.26 Å². The van der Waals surface area contributed by atoms with Crippen LogP contribution in [0.1, 0.15) is 16.7 Å². The summed E-state index contributed by atoms with van der Waals surface area (Å²) < 4.78 is 28.6. The normalized spacial score (nSPS) is 12.0. The number of nitrogens with zero attached hydrogens (tertiary/aromatic N) is 4. The Morgan fingerprint density at radius 2 is 2.13 bits per heavy atom. The van der Waals surface area contributed by atoms with Crippen LogP contribution in [0.4, 0.5) is 0 Å². The van der Waals surface area contributed by atoms with E-state index in [9.17, 15) is 13.2 Å². The van der Waals surface area contributed by atoms with Gasteiger partial charge in [0.15, 0.2) is 0 Å². The molecule has 0 saturated heterocycles. The third-order valence-electron chi connectivity index (χ3n) is 2.57. The van der Waals surface area contributed by atoms with Gasteiger partial charge in [0.05, 0.1) is 17.2 Å². The van der Waals surface area contributed by atoms with Crippen LogP contribution in [-0.4, -0.2) is 30.8 Å². The van der Waals surface area contributed by atoms with E-state index in [1.165, 1.54) is 28.9 Å². The van der Waals surface area contributed by atoms with E-state index in [1.807, 2.05) is 0 Å². The average molecular weight is 353 g/mol. The Kier molecular flexibility index (Phi) is 4.89. The minimum absolute atomic E-state index is 0.0244. The molecule has 0 radical (unpaired) electrons. The van der Waals surface area contributed by atoms with Crippen LogP contribution < -0.4 is 9.94 Å². The lowest BCUT2D eigenvalue weighted by molar-refractivity contribution is 0.0524. The number of rotatable bonds is 4. The fourth-order valence-corrected chi connectivity index (χ4v) is 2.89. The Hall–Kier alpha value is -2.55. The standard InChI is InChI=1S/C12H11N5O4S2/c1-2-21-11(18)10-16-17(12(22-10)15-7-13)8-3-5-9(6-4-8)23(14,19)20/h3-6H,2H2,1H3,(H2,14,19,20). The highest BCUT2D eigenvalue weighted by molar-refractivity contribution is 7.89. The molecular formula is C12H11N5O4S2. The van der Waals surface area contributed by atoms with Gasteiger partial charge in [-0.15, -0.1) is 10.1 Å². The number of nitrogens with two attached hydrogens (primary N) is 1. The number of nitriles is 1. The van der Waals surface area contributed by atoms with Gasteiger partial charge in [-0.1, -0.05) is 11.3 Å². The maximum Gasteiger partial charge on any atom is 0.369 e. The van der Waals surface area contributed by atoms with Crippen LogP contribution in [0, 0.1) is 11.5 Å². The first kappa shape index (κ1) is 16.8. The number of esters is 1. The van der Waals surface area contributed by atoms with E-state index in [0.717, 1.165) is 11.3 Å². The minimum atomic E-state index is -3.81. The zero-order valence-electron chi connectivity index (χ0n) is 11.8. The molecule has 1 aromatic carbocycles. The molecule has 120 valence electrons. The summed E-state index contributed by atoms with van der Waals surface area (Å²) in [5.74, 6) is -0.633. The van der Waals surface area contributed by atoms with Gasteiger partial charge in [0.25, 0.3) is 0 Å². The topological polar surface area (TPSA) is 140 Å². The van der Waals surface area contributed by atoms with E-state index in [2.05, 4.69) is 10.1 Å². The molecule has 2 N–H and O–H groups in total. The lowest BCUT2D eigenvalue weighted by Crippen LogP contribution is -2.15. The van der Waals surface area contributed by atoms with Crippen LogP contribution in [-0.2, 0) is 14.8 Å². The quantitative estimate of drug-likeness (QED) is 0.612. The molecule has 0 bridgehead atoms. The maximum absolute atomic E-state index is 11.7. The molecule has 0 saturated carbocycles.